The highest BCUT2D eigenvalue weighted by atomic mass is 15.0. The summed E-state index contributed by atoms with van der Waals surface area (Å²) in [5.41, 5.74) is 4.35. The minimum Gasteiger partial charge on any atom is -0.329 e. The van der Waals surface area contributed by atoms with Gasteiger partial charge in [-0.15, -0.1) is 0 Å². The monoisotopic (exact) mass is 175 g/mol. The summed E-state index contributed by atoms with van der Waals surface area (Å²) in [6.07, 6.45) is 3.70. The van der Waals surface area contributed by atoms with Crippen LogP contribution in [0.5, 0.6) is 0 Å². The van der Waals surface area contributed by atoms with Crippen LogP contribution in [0.2, 0.25) is 0 Å². The predicted octanol–water partition coefficient (Wildman–Crippen LogP) is 2.08. The van der Waals surface area contributed by atoms with E-state index >= 15 is 0 Å². The van der Waals surface area contributed by atoms with Gasteiger partial charge in [-0.05, 0) is 24.5 Å². The number of imidazole rings is 1. The van der Waals surface area contributed by atoms with Crippen molar-refractivity contribution >= 4 is 11.2 Å². The van der Waals surface area contributed by atoms with Gasteiger partial charge in [-0.2, -0.15) is 0 Å². The molecule has 0 saturated heterocycles. The fourth-order valence-corrected chi connectivity index (χ4v) is 1.56. The number of pyridine rings is 1. The fraction of sp³-hybridized carbons (Fsp3) is 0.400. The van der Waals surface area contributed by atoms with Crippen LogP contribution < -0.4 is 0 Å². The molecule has 0 aliphatic carbocycles. The van der Waals surface area contributed by atoms with Crippen LogP contribution >= 0.6 is 0 Å². The van der Waals surface area contributed by atoms with E-state index in [1.165, 1.54) is 11.3 Å². The minimum atomic E-state index is 0.897. The second-order valence-corrected chi connectivity index (χ2v) is 3.07. The number of nitrogens with zero attached hydrogens (tertiary/aromatic N) is 2. The first-order valence-electron chi connectivity index (χ1n) is 4.67. The first kappa shape index (κ1) is 8.23. The second kappa shape index (κ2) is 3.17. The van der Waals surface area contributed by atoms with Gasteiger partial charge in [0.05, 0.1) is 6.33 Å². The summed E-state index contributed by atoms with van der Waals surface area (Å²) in [7, 11) is 0. The lowest BCUT2D eigenvalue weighted by atomic mass is 10.1. The van der Waals surface area contributed by atoms with E-state index in [9.17, 15) is 0 Å². The molecule has 0 aliphatic rings. The number of aromatic nitrogens is 3. The molecular weight excluding hydrogens is 162 g/mol. The predicted molar refractivity (Wildman–Crippen MR) is 52.6 cm³/mol. The maximum absolute atomic E-state index is 4.51. The first-order chi connectivity index (χ1) is 6.35. The molecule has 0 atom stereocenters. The van der Waals surface area contributed by atoms with Crippen molar-refractivity contribution in [3.8, 4) is 0 Å². The Bertz CT molecular complexity index is 379. The van der Waals surface area contributed by atoms with E-state index < -0.39 is 0 Å². The third-order valence-electron chi connectivity index (χ3n) is 2.29. The molecule has 2 aromatic rings. The average Bonchev–Trinajstić information content (AvgIpc) is 2.62. The van der Waals surface area contributed by atoms with Crippen LogP contribution in [0.1, 0.15) is 25.1 Å². The summed E-state index contributed by atoms with van der Waals surface area (Å²) in [6, 6.07) is 2.12. The van der Waals surface area contributed by atoms with E-state index in [0.29, 0.717) is 0 Å². The zero-order valence-corrected chi connectivity index (χ0v) is 7.96. The van der Waals surface area contributed by atoms with Gasteiger partial charge in [-0.3, -0.25) is 0 Å². The SMILES string of the molecule is CCc1cc2nc[nH]c2nc1CC. The smallest absolute Gasteiger partial charge is 0.157 e. The van der Waals surface area contributed by atoms with Crippen molar-refractivity contribution in [3.63, 3.8) is 0 Å². The second-order valence-electron chi connectivity index (χ2n) is 3.07. The summed E-state index contributed by atoms with van der Waals surface area (Å²) in [4.78, 5) is 11.7. The molecule has 0 spiro atoms. The third-order valence-corrected chi connectivity index (χ3v) is 2.29. The molecule has 68 valence electrons. The highest BCUT2D eigenvalue weighted by molar-refractivity contribution is 5.71. The highest BCUT2D eigenvalue weighted by Crippen LogP contribution is 2.14. The molecule has 2 rings (SSSR count). The Morgan fingerprint density at radius 1 is 1.31 bits per heavy atom. The molecule has 3 nitrogen and oxygen atoms in total. The van der Waals surface area contributed by atoms with E-state index in [2.05, 4.69) is 34.9 Å². The summed E-state index contributed by atoms with van der Waals surface area (Å²) in [5, 5.41) is 0. The quantitative estimate of drug-likeness (QED) is 0.759. The van der Waals surface area contributed by atoms with Gasteiger partial charge in [0.15, 0.2) is 5.65 Å². The van der Waals surface area contributed by atoms with Crippen molar-refractivity contribution in [3.05, 3.63) is 23.7 Å². The van der Waals surface area contributed by atoms with Gasteiger partial charge in [-0.25, -0.2) is 9.97 Å². The Morgan fingerprint density at radius 3 is 2.85 bits per heavy atom. The van der Waals surface area contributed by atoms with Gasteiger partial charge in [-0.1, -0.05) is 13.8 Å². The molecule has 0 aromatic carbocycles. The van der Waals surface area contributed by atoms with Crippen LogP contribution in [0.4, 0.5) is 0 Å². The van der Waals surface area contributed by atoms with E-state index in [-0.39, 0.29) is 0 Å². The Hall–Kier alpha value is -1.38. The fourth-order valence-electron chi connectivity index (χ4n) is 1.56. The van der Waals surface area contributed by atoms with Crippen molar-refractivity contribution in [2.45, 2.75) is 26.7 Å². The van der Waals surface area contributed by atoms with Crippen molar-refractivity contribution in [2.75, 3.05) is 0 Å². The molecule has 0 saturated carbocycles. The molecule has 2 aromatic heterocycles. The van der Waals surface area contributed by atoms with Crippen LogP contribution in [-0.2, 0) is 12.8 Å². The molecule has 0 fully saturated rings. The highest BCUT2D eigenvalue weighted by Gasteiger charge is 2.04. The first-order valence-corrected chi connectivity index (χ1v) is 4.67. The van der Waals surface area contributed by atoms with E-state index in [1.807, 2.05) is 0 Å². The van der Waals surface area contributed by atoms with Crippen molar-refractivity contribution in [2.24, 2.45) is 0 Å². The largest absolute Gasteiger partial charge is 0.329 e. The lowest BCUT2D eigenvalue weighted by Gasteiger charge is -2.03. The van der Waals surface area contributed by atoms with Gasteiger partial charge in [0, 0.05) is 5.69 Å². The summed E-state index contributed by atoms with van der Waals surface area (Å²) >= 11 is 0. The Labute approximate surface area is 77.2 Å². The zero-order chi connectivity index (χ0) is 9.26. The molecular formula is C10H13N3. The lowest BCUT2D eigenvalue weighted by Crippen LogP contribution is -1.95. The summed E-state index contributed by atoms with van der Waals surface area (Å²) in [6.45, 7) is 4.28. The Morgan fingerprint density at radius 2 is 2.15 bits per heavy atom. The van der Waals surface area contributed by atoms with Crippen molar-refractivity contribution in [1.82, 2.24) is 15.0 Å². The number of hydrogen-bond donors (Lipinski definition) is 1. The van der Waals surface area contributed by atoms with E-state index in [4.69, 9.17) is 0 Å². The molecule has 0 aliphatic heterocycles. The van der Waals surface area contributed by atoms with Crippen LogP contribution in [0.15, 0.2) is 12.4 Å². The number of nitrogens with one attached hydrogen (secondary N) is 1. The van der Waals surface area contributed by atoms with Crippen LogP contribution in [0.25, 0.3) is 11.2 Å². The zero-order valence-electron chi connectivity index (χ0n) is 7.96. The Balaban J connectivity index is 2.67. The molecule has 2 heterocycles. The number of hydrogen-bond acceptors (Lipinski definition) is 2. The normalized spacial score (nSPS) is 10.9. The maximum atomic E-state index is 4.51. The van der Waals surface area contributed by atoms with Gasteiger partial charge in [0.25, 0.3) is 0 Å². The molecule has 13 heavy (non-hydrogen) atoms. The molecule has 0 unspecified atom stereocenters. The van der Waals surface area contributed by atoms with Gasteiger partial charge in [0.2, 0.25) is 0 Å². The lowest BCUT2D eigenvalue weighted by molar-refractivity contribution is 0.977. The standard InChI is InChI=1S/C10H13N3/c1-3-7-5-9-10(12-6-11-9)13-8(7)4-2/h5-6H,3-4H2,1-2H3,(H,11,12,13). The number of rotatable bonds is 2. The number of aromatic amines is 1. The molecule has 1 N–H and O–H groups in total. The summed E-state index contributed by atoms with van der Waals surface area (Å²) < 4.78 is 0. The average molecular weight is 175 g/mol. The Kier molecular flexibility index (Phi) is 2.00. The summed E-state index contributed by atoms with van der Waals surface area (Å²) in [5.74, 6) is 0. The van der Waals surface area contributed by atoms with E-state index in [1.54, 1.807) is 6.33 Å². The molecule has 3 heteroatoms. The van der Waals surface area contributed by atoms with Crippen molar-refractivity contribution in [1.29, 1.82) is 0 Å². The van der Waals surface area contributed by atoms with E-state index in [0.717, 1.165) is 24.0 Å². The maximum Gasteiger partial charge on any atom is 0.157 e. The number of aryl methyl sites for hydroxylation is 2. The third kappa shape index (κ3) is 1.30. The minimum absolute atomic E-state index is 0.897. The number of H-pyrrole nitrogens is 1. The van der Waals surface area contributed by atoms with Gasteiger partial charge in [0.1, 0.15) is 5.52 Å². The van der Waals surface area contributed by atoms with Crippen LogP contribution in [0.3, 0.4) is 0 Å². The molecule has 0 amide bonds. The molecule has 0 radical (unpaired) electrons. The van der Waals surface area contributed by atoms with Crippen molar-refractivity contribution < 1.29 is 0 Å². The topological polar surface area (TPSA) is 41.6 Å². The number of fused-ring (bicyclic) bond motifs is 1. The van der Waals surface area contributed by atoms with Gasteiger partial charge >= 0.3 is 0 Å². The van der Waals surface area contributed by atoms with Crippen LogP contribution in [0, 0.1) is 0 Å². The molecule has 0 bridgehead atoms. The van der Waals surface area contributed by atoms with Gasteiger partial charge < -0.3 is 4.98 Å². The van der Waals surface area contributed by atoms with Crippen LogP contribution in [-0.4, -0.2) is 15.0 Å².